The molecule has 0 N–H and O–H groups in total. The highest BCUT2D eigenvalue weighted by Crippen LogP contribution is 2.31. The van der Waals surface area contributed by atoms with Crippen molar-refractivity contribution in [2.75, 3.05) is 6.54 Å². The topological polar surface area (TPSA) is 33.2 Å². The minimum Gasteiger partial charge on any atom is -0.333 e. The molecule has 2 aromatic carbocycles. The zero-order chi connectivity index (χ0) is 16.5. The Morgan fingerprint density at radius 2 is 1.75 bits per heavy atom. The Hall–Kier alpha value is -2.46. The second-order valence-corrected chi connectivity index (χ2v) is 7.23. The fraction of sp³-hybridized carbons (Fsp3) is 0.200. The van der Waals surface area contributed by atoms with Crippen molar-refractivity contribution in [1.29, 1.82) is 0 Å². The van der Waals surface area contributed by atoms with Gasteiger partial charge >= 0.3 is 0 Å². The van der Waals surface area contributed by atoms with Crippen LogP contribution in [0.4, 0.5) is 0 Å². The highest BCUT2D eigenvalue weighted by molar-refractivity contribution is 7.15. The van der Waals surface area contributed by atoms with Crippen LogP contribution in [0.25, 0.3) is 10.4 Å². The molecule has 1 aliphatic heterocycles. The molecule has 1 aromatic heterocycles. The fourth-order valence-corrected chi connectivity index (χ4v) is 4.09. The molecule has 0 spiro atoms. The standard InChI is InChI=1S/C20H18N2OS/c1-14-21-18(19(24-14)16-8-3-2-4-9-16)20(23)22-12-11-15-7-5-6-10-17(15)13-22/h2-10H,11-13H2,1H3. The van der Waals surface area contributed by atoms with Gasteiger partial charge in [0.1, 0.15) is 5.69 Å². The van der Waals surface area contributed by atoms with Gasteiger partial charge in [-0.1, -0.05) is 54.6 Å². The van der Waals surface area contributed by atoms with Crippen LogP contribution < -0.4 is 0 Å². The first-order chi connectivity index (χ1) is 11.7. The van der Waals surface area contributed by atoms with Gasteiger partial charge < -0.3 is 4.90 Å². The van der Waals surface area contributed by atoms with Crippen LogP contribution in [0.3, 0.4) is 0 Å². The lowest BCUT2D eigenvalue weighted by Gasteiger charge is -2.28. The summed E-state index contributed by atoms with van der Waals surface area (Å²) < 4.78 is 0. The first-order valence-electron chi connectivity index (χ1n) is 8.11. The van der Waals surface area contributed by atoms with Crippen molar-refractivity contribution in [2.24, 2.45) is 0 Å². The zero-order valence-electron chi connectivity index (χ0n) is 13.5. The third-order valence-electron chi connectivity index (χ3n) is 4.39. The van der Waals surface area contributed by atoms with Crippen LogP contribution in [0.5, 0.6) is 0 Å². The lowest BCUT2D eigenvalue weighted by atomic mass is 9.99. The van der Waals surface area contributed by atoms with E-state index in [1.54, 1.807) is 11.3 Å². The van der Waals surface area contributed by atoms with Gasteiger partial charge in [-0.05, 0) is 30.0 Å². The number of rotatable bonds is 2. The van der Waals surface area contributed by atoms with Crippen LogP contribution in [-0.2, 0) is 13.0 Å². The average molecular weight is 334 g/mol. The van der Waals surface area contributed by atoms with Crippen molar-refractivity contribution < 1.29 is 4.79 Å². The largest absolute Gasteiger partial charge is 0.333 e. The van der Waals surface area contributed by atoms with Crippen LogP contribution in [0, 0.1) is 6.92 Å². The molecular formula is C20H18N2OS. The van der Waals surface area contributed by atoms with Crippen LogP contribution in [0.15, 0.2) is 54.6 Å². The number of thiazole rings is 1. The summed E-state index contributed by atoms with van der Waals surface area (Å²) in [5.74, 6) is 0.0349. The second-order valence-electron chi connectivity index (χ2n) is 6.02. The van der Waals surface area contributed by atoms with E-state index in [4.69, 9.17) is 0 Å². The monoisotopic (exact) mass is 334 g/mol. The molecule has 120 valence electrons. The Morgan fingerprint density at radius 3 is 2.54 bits per heavy atom. The second kappa shape index (κ2) is 6.21. The van der Waals surface area contributed by atoms with Gasteiger partial charge in [0, 0.05) is 13.1 Å². The molecule has 0 atom stereocenters. The molecule has 0 aliphatic carbocycles. The molecule has 0 bridgehead atoms. The van der Waals surface area contributed by atoms with Crippen molar-refractivity contribution >= 4 is 17.2 Å². The SMILES string of the molecule is Cc1nc(C(=O)N2CCc3ccccc3C2)c(-c2ccccc2)s1. The summed E-state index contributed by atoms with van der Waals surface area (Å²) in [6.07, 6.45) is 0.908. The van der Waals surface area contributed by atoms with E-state index in [1.165, 1.54) is 11.1 Å². The van der Waals surface area contributed by atoms with E-state index in [2.05, 4.69) is 23.2 Å². The van der Waals surface area contributed by atoms with Crippen molar-refractivity contribution in [3.05, 3.63) is 76.4 Å². The molecule has 3 aromatic rings. The van der Waals surface area contributed by atoms with Crippen molar-refractivity contribution in [1.82, 2.24) is 9.88 Å². The summed E-state index contributed by atoms with van der Waals surface area (Å²) >= 11 is 1.59. The van der Waals surface area contributed by atoms with E-state index < -0.39 is 0 Å². The molecule has 4 rings (SSSR count). The summed E-state index contributed by atoms with van der Waals surface area (Å²) in [6, 6.07) is 18.4. The maximum atomic E-state index is 13.1. The van der Waals surface area contributed by atoms with E-state index in [0.717, 1.165) is 28.4 Å². The van der Waals surface area contributed by atoms with E-state index in [0.29, 0.717) is 12.2 Å². The molecule has 0 radical (unpaired) electrons. The van der Waals surface area contributed by atoms with E-state index in [9.17, 15) is 4.79 Å². The van der Waals surface area contributed by atoms with E-state index in [1.807, 2.05) is 48.2 Å². The minimum absolute atomic E-state index is 0.0349. The summed E-state index contributed by atoms with van der Waals surface area (Å²) in [4.78, 5) is 20.5. The molecule has 24 heavy (non-hydrogen) atoms. The molecule has 1 amide bonds. The molecular weight excluding hydrogens is 316 g/mol. The maximum Gasteiger partial charge on any atom is 0.274 e. The molecule has 2 heterocycles. The van der Waals surface area contributed by atoms with Gasteiger partial charge in [0.05, 0.1) is 9.88 Å². The van der Waals surface area contributed by atoms with Crippen molar-refractivity contribution in [2.45, 2.75) is 19.9 Å². The molecule has 1 aliphatic rings. The molecule has 0 fully saturated rings. The van der Waals surface area contributed by atoms with Gasteiger partial charge in [-0.25, -0.2) is 4.98 Å². The van der Waals surface area contributed by atoms with Gasteiger partial charge in [0.25, 0.3) is 5.91 Å². The smallest absolute Gasteiger partial charge is 0.274 e. The van der Waals surface area contributed by atoms with Gasteiger partial charge in [-0.3, -0.25) is 4.79 Å². The number of fused-ring (bicyclic) bond motifs is 1. The number of hydrogen-bond acceptors (Lipinski definition) is 3. The number of nitrogens with zero attached hydrogens (tertiary/aromatic N) is 2. The normalized spacial score (nSPS) is 13.6. The van der Waals surface area contributed by atoms with Crippen LogP contribution in [0.1, 0.15) is 26.6 Å². The third kappa shape index (κ3) is 2.74. The predicted molar refractivity (Wildman–Crippen MR) is 97.2 cm³/mol. The lowest BCUT2D eigenvalue weighted by molar-refractivity contribution is 0.0730. The van der Waals surface area contributed by atoms with Crippen LogP contribution in [-0.4, -0.2) is 22.3 Å². The molecule has 4 heteroatoms. The van der Waals surface area contributed by atoms with Gasteiger partial charge in [-0.15, -0.1) is 11.3 Å². The number of aryl methyl sites for hydroxylation is 1. The van der Waals surface area contributed by atoms with Crippen molar-refractivity contribution in [3.63, 3.8) is 0 Å². The Labute approximate surface area is 145 Å². The van der Waals surface area contributed by atoms with Crippen LogP contribution in [0.2, 0.25) is 0 Å². The van der Waals surface area contributed by atoms with E-state index in [-0.39, 0.29) is 5.91 Å². The predicted octanol–water partition coefficient (Wildman–Crippen LogP) is 4.32. The molecule has 3 nitrogen and oxygen atoms in total. The van der Waals surface area contributed by atoms with Gasteiger partial charge in [-0.2, -0.15) is 0 Å². The third-order valence-corrected chi connectivity index (χ3v) is 5.41. The van der Waals surface area contributed by atoms with Gasteiger partial charge in [0.2, 0.25) is 0 Å². The highest BCUT2D eigenvalue weighted by Gasteiger charge is 2.26. The summed E-state index contributed by atoms with van der Waals surface area (Å²) in [7, 11) is 0. The Bertz CT molecular complexity index is 886. The molecule has 0 saturated heterocycles. The number of hydrogen-bond donors (Lipinski definition) is 0. The Kier molecular flexibility index (Phi) is 3.90. The summed E-state index contributed by atoms with van der Waals surface area (Å²) in [6.45, 7) is 3.37. The Balaban J connectivity index is 1.67. The number of carbonyl (C=O) groups is 1. The summed E-state index contributed by atoms with van der Waals surface area (Å²) in [5.41, 5.74) is 4.23. The van der Waals surface area contributed by atoms with Crippen LogP contribution >= 0.6 is 11.3 Å². The summed E-state index contributed by atoms with van der Waals surface area (Å²) in [5, 5.41) is 0.926. The zero-order valence-corrected chi connectivity index (χ0v) is 14.3. The van der Waals surface area contributed by atoms with Gasteiger partial charge in [0.15, 0.2) is 0 Å². The first kappa shape index (κ1) is 15.1. The van der Waals surface area contributed by atoms with E-state index >= 15 is 0 Å². The molecule has 0 saturated carbocycles. The maximum absolute atomic E-state index is 13.1. The first-order valence-corrected chi connectivity index (χ1v) is 8.93. The van der Waals surface area contributed by atoms with Crippen molar-refractivity contribution in [3.8, 4) is 10.4 Å². The number of carbonyl (C=O) groups excluding carboxylic acids is 1. The average Bonchev–Trinajstić information content (AvgIpc) is 3.03. The number of amides is 1. The quantitative estimate of drug-likeness (QED) is 0.699. The number of aromatic nitrogens is 1. The lowest BCUT2D eigenvalue weighted by Crippen LogP contribution is -2.36. The Morgan fingerprint density at radius 1 is 1.04 bits per heavy atom. The molecule has 0 unspecified atom stereocenters. The number of benzene rings is 2. The fourth-order valence-electron chi connectivity index (χ4n) is 3.18. The minimum atomic E-state index is 0.0349. The highest BCUT2D eigenvalue weighted by atomic mass is 32.1.